The number of hydrogen-bond acceptors (Lipinski definition) is 5. The highest BCUT2D eigenvalue weighted by molar-refractivity contribution is 6.46. The molecule has 1 N–H and O–H groups in total. The fraction of sp³-hybridized carbons (Fsp3) is 0.360. The van der Waals surface area contributed by atoms with Gasteiger partial charge in [-0.2, -0.15) is 0 Å². The lowest BCUT2D eigenvalue weighted by Crippen LogP contribution is -2.35. The molecule has 0 bridgehead atoms. The Morgan fingerprint density at radius 2 is 1.81 bits per heavy atom. The van der Waals surface area contributed by atoms with Gasteiger partial charge in [0.15, 0.2) is 0 Å². The van der Waals surface area contributed by atoms with Crippen LogP contribution in [0, 0.1) is 0 Å². The van der Waals surface area contributed by atoms with Gasteiger partial charge in [-0.15, -0.1) is 0 Å². The first-order chi connectivity index (χ1) is 15.3. The molecule has 32 heavy (non-hydrogen) atoms. The summed E-state index contributed by atoms with van der Waals surface area (Å²) in [5, 5.41) is 11.5. The fourth-order valence-electron chi connectivity index (χ4n) is 3.78. The highest BCUT2D eigenvalue weighted by Crippen LogP contribution is 2.40. The van der Waals surface area contributed by atoms with E-state index in [1.165, 1.54) is 4.90 Å². The third-order valence-corrected chi connectivity index (χ3v) is 5.83. The molecule has 170 valence electrons. The normalized spacial score (nSPS) is 17.9. The van der Waals surface area contributed by atoms with Crippen LogP contribution in [0.4, 0.5) is 0 Å². The fourth-order valence-corrected chi connectivity index (χ4v) is 4.01. The Hall–Kier alpha value is -2.83. The van der Waals surface area contributed by atoms with Gasteiger partial charge in [0.2, 0.25) is 0 Å². The Balaban J connectivity index is 2.12. The first-order valence-electron chi connectivity index (χ1n) is 10.7. The quantitative estimate of drug-likeness (QED) is 0.364. The number of likely N-dealkylation sites (tertiary alicyclic amines) is 1. The number of Topliss-reactive ketones (excluding diaryl/α,β-unsaturated/α-hetero) is 1. The van der Waals surface area contributed by atoms with Crippen molar-refractivity contribution < 1.29 is 19.4 Å². The number of aliphatic hydroxyl groups excluding tert-OH is 1. The smallest absolute Gasteiger partial charge is 0.295 e. The van der Waals surface area contributed by atoms with Crippen LogP contribution in [-0.4, -0.2) is 60.4 Å². The Bertz CT molecular complexity index is 1030. The molecule has 2 aromatic rings. The number of halogens is 1. The number of aliphatic hydroxyl groups is 1. The number of carbonyl (C=O) groups is 2. The molecule has 1 aliphatic rings. The zero-order valence-corrected chi connectivity index (χ0v) is 19.6. The van der Waals surface area contributed by atoms with Crippen LogP contribution in [0.2, 0.25) is 5.02 Å². The lowest BCUT2D eigenvalue weighted by atomic mass is 9.94. The minimum Gasteiger partial charge on any atom is -0.507 e. The van der Waals surface area contributed by atoms with E-state index in [0.717, 1.165) is 17.5 Å². The second kappa shape index (κ2) is 10.2. The summed E-state index contributed by atoms with van der Waals surface area (Å²) >= 11 is 6.30. The number of carbonyl (C=O) groups excluding carboxylic acids is 2. The van der Waals surface area contributed by atoms with Crippen molar-refractivity contribution in [2.45, 2.75) is 26.3 Å². The van der Waals surface area contributed by atoms with E-state index in [1.54, 1.807) is 18.2 Å². The van der Waals surface area contributed by atoms with E-state index < -0.39 is 17.7 Å². The maximum absolute atomic E-state index is 13.1. The number of likely N-dealkylation sites (N-methyl/N-ethyl adjacent to an activating group) is 1. The van der Waals surface area contributed by atoms with Crippen molar-refractivity contribution in [2.24, 2.45) is 0 Å². The van der Waals surface area contributed by atoms with E-state index in [-0.39, 0.29) is 11.3 Å². The van der Waals surface area contributed by atoms with Gasteiger partial charge in [0.25, 0.3) is 11.7 Å². The second-order valence-electron chi connectivity index (χ2n) is 7.97. The number of hydrogen-bond donors (Lipinski definition) is 1. The zero-order chi connectivity index (χ0) is 23.4. The largest absolute Gasteiger partial charge is 0.507 e. The molecule has 0 radical (unpaired) electrons. The zero-order valence-electron chi connectivity index (χ0n) is 18.9. The van der Waals surface area contributed by atoms with E-state index in [9.17, 15) is 14.7 Å². The Morgan fingerprint density at radius 1 is 1.12 bits per heavy atom. The number of aryl methyl sites for hydroxylation is 1. The van der Waals surface area contributed by atoms with E-state index in [4.69, 9.17) is 16.3 Å². The van der Waals surface area contributed by atoms with Crippen LogP contribution in [0.25, 0.3) is 5.76 Å². The number of rotatable bonds is 8. The molecule has 1 atom stereocenters. The van der Waals surface area contributed by atoms with Crippen molar-refractivity contribution in [3.8, 4) is 5.75 Å². The van der Waals surface area contributed by atoms with E-state index >= 15 is 0 Å². The van der Waals surface area contributed by atoms with E-state index in [0.29, 0.717) is 36.0 Å². The summed E-state index contributed by atoms with van der Waals surface area (Å²) in [6.07, 6.45) is 0.881. The highest BCUT2D eigenvalue weighted by atomic mass is 35.5. The third-order valence-electron chi connectivity index (χ3n) is 5.54. The monoisotopic (exact) mass is 456 g/mol. The molecule has 6 nitrogen and oxygen atoms in total. The van der Waals surface area contributed by atoms with Gasteiger partial charge in [-0.25, -0.2) is 0 Å². The molecule has 1 heterocycles. The molecule has 1 fully saturated rings. The Morgan fingerprint density at radius 3 is 2.38 bits per heavy atom. The minimum absolute atomic E-state index is 0.0678. The van der Waals surface area contributed by atoms with Gasteiger partial charge in [-0.3, -0.25) is 9.59 Å². The number of ketones is 1. The highest BCUT2D eigenvalue weighted by Gasteiger charge is 2.45. The van der Waals surface area contributed by atoms with Gasteiger partial charge in [0.05, 0.1) is 23.2 Å². The van der Waals surface area contributed by atoms with Gasteiger partial charge in [0, 0.05) is 18.7 Å². The van der Waals surface area contributed by atoms with Gasteiger partial charge in [0.1, 0.15) is 11.5 Å². The van der Waals surface area contributed by atoms with Gasteiger partial charge < -0.3 is 19.6 Å². The van der Waals surface area contributed by atoms with E-state index in [2.05, 4.69) is 6.92 Å². The molecule has 1 aliphatic heterocycles. The van der Waals surface area contributed by atoms with Crippen LogP contribution in [0.1, 0.15) is 36.6 Å². The van der Waals surface area contributed by atoms with Gasteiger partial charge in [-0.05, 0) is 56.8 Å². The molecule has 1 unspecified atom stereocenters. The number of ether oxygens (including phenoxy) is 1. The van der Waals surface area contributed by atoms with Crippen molar-refractivity contribution >= 4 is 29.1 Å². The SMILES string of the molecule is CCOc1ccc(/C(O)=C2\C(=O)C(=O)N(CCN(C)C)C2c2ccc(CC)cc2)cc1Cl. The molecule has 0 spiro atoms. The van der Waals surface area contributed by atoms with Crippen LogP contribution in [0.15, 0.2) is 48.0 Å². The summed E-state index contributed by atoms with van der Waals surface area (Å²) in [4.78, 5) is 29.5. The maximum Gasteiger partial charge on any atom is 0.295 e. The number of nitrogens with zero attached hydrogens (tertiary/aromatic N) is 2. The summed E-state index contributed by atoms with van der Waals surface area (Å²) in [6.45, 7) is 5.32. The molecule has 7 heteroatoms. The summed E-state index contributed by atoms with van der Waals surface area (Å²) < 4.78 is 5.46. The molecule has 0 aliphatic carbocycles. The first-order valence-corrected chi connectivity index (χ1v) is 11.1. The molecule has 1 amide bonds. The predicted molar refractivity (Wildman–Crippen MR) is 126 cm³/mol. The van der Waals surface area contributed by atoms with Crippen molar-refractivity contribution in [1.29, 1.82) is 0 Å². The summed E-state index contributed by atoms with van der Waals surface area (Å²) in [5.41, 5.74) is 2.36. The number of amides is 1. The Labute approximate surface area is 194 Å². The number of benzene rings is 2. The van der Waals surface area contributed by atoms with Crippen LogP contribution >= 0.6 is 11.6 Å². The van der Waals surface area contributed by atoms with E-state index in [1.807, 2.05) is 50.2 Å². The average molecular weight is 457 g/mol. The van der Waals surface area contributed by atoms with Gasteiger partial charge in [-0.1, -0.05) is 42.8 Å². The minimum atomic E-state index is -0.698. The molecule has 3 rings (SSSR count). The van der Waals surface area contributed by atoms with Crippen molar-refractivity contribution in [3.63, 3.8) is 0 Å². The van der Waals surface area contributed by atoms with Crippen molar-refractivity contribution in [1.82, 2.24) is 9.80 Å². The predicted octanol–water partition coefficient (Wildman–Crippen LogP) is 4.28. The molecular formula is C25H29ClN2O4. The lowest BCUT2D eigenvalue weighted by Gasteiger charge is -2.26. The summed E-state index contributed by atoms with van der Waals surface area (Å²) in [5.74, 6) is -1.07. The molecule has 0 aromatic heterocycles. The van der Waals surface area contributed by atoms with Crippen LogP contribution in [0.3, 0.4) is 0 Å². The maximum atomic E-state index is 13.1. The van der Waals surface area contributed by atoms with Crippen LogP contribution in [0.5, 0.6) is 5.75 Å². The summed E-state index contributed by atoms with van der Waals surface area (Å²) in [7, 11) is 3.81. The molecular weight excluding hydrogens is 428 g/mol. The lowest BCUT2D eigenvalue weighted by molar-refractivity contribution is -0.140. The van der Waals surface area contributed by atoms with Crippen LogP contribution < -0.4 is 4.74 Å². The molecule has 0 saturated carbocycles. The first kappa shape index (κ1) is 23.8. The second-order valence-corrected chi connectivity index (χ2v) is 8.38. The van der Waals surface area contributed by atoms with Crippen molar-refractivity contribution in [2.75, 3.05) is 33.8 Å². The molecule has 2 aromatic carbocycles. The summed E-state index contributed by atoms with van der Waals surface area (Å²) in [6, 6.07) is 11.9. The van der Waals surface area contributed by atoms with Crippen molar-refractivity contribution in [3.05, 3.63) is 69.8 Å². The third kappa shape index (κ3) is 4.81. The molecule has 1 saturated heterocycles. The topological polar surface area (TPSA) is 70.1 Å². The van der Waals surface area contributed by atoms with Crippen LogP contribution in [-0.2, 0) is 16.0 Å². The Kier molecular flexibility index (Phi) is 7.59. The standard InChI is InChI=1S/C25H29ClN2O4/c1-5-16-7-9-17(10-8-16)22-21(24(30)25(31)28(22)14-13-27(3)4)23(29)18-11-12-20(32-6-2)19(26)15-18/h7-12,15,22,29H,5-6,13-14H2,1-4H3/b23-21+. The van der Waals surface area contributed by atoms with Gasteiger partial charge >= 0.3 is 0 Å². The average Bonchev–Trinajstić information content (AvgIpc) is 3.03.